The fourth-order valence-corrected chi connectivity index (χ4v) is 3.40. The zero-order chi connectivity index (χ0) is 19.8. The molecule has 2 aromatic carbocycles. The lowest BCUT2D eigenvalue weighted by Gasteiger charge is -2.29. The van der Waals surface area contributed by atoms with Crippen LogP contribution in [-0.4, -0.2) is 42.0 Å². The van der Waals surface area contributed by atoms with Crippen molar-refractivity contribution in [1.29, 1.82) is 0 Å². The second-order valence-corrected chi connectivity index (χ2v) is 7.23. The summed E-state index contributed by atoms with van der Waals surface area (Å²) in [4.78, 5) is 27.4. The van der Waals surface area contributed by atoms with E-state index in [0.29, 0.717) is 13.1 Å². The SMILES string of the molecule is CC(C(=O)NCC1CCCO1)N(Cc1ccccc1)C(=O)Cc1ccccc1. The Morgan fingerprint density at radius 3 is 2.32 bits per heavy atom. The molecule has 1 saturated heterocycles. The summed E-state index contributed by atoms with van der Waals surface area (Å²) in [6, 6.07) is 18.8. The van der Waals surface area contributed by atoms with Crippen LogP contribution >= 0.6 is 0 Å². The highest BCUT2D eigenvalue weighted by molar-refractivity contribution is 5.88. The van der Waals surface area contributed by atoms with Crippen LogP contribution < -0.4 is 5.32 Å². The van der Waals surface area contributed by atoms with Crippen LogP contribution in [0.4, 0.5) is 0 Å². The zero-order valence-electron chi connectivity index (χ0n) is 16.3. The minimum Gasteiger partial charge on any atom is -0.376 e. The molecule has 0 spiro atoms. The topological polar surface area (TPSA) is 58.6 Å². The van der Waals surface area contributed by atoms with Gasteiger partial charge >= 0.3 is 0 Å². The van der Waals surface area contributed by atoms with Gasteiger partial charge in [0.15, 0.2) is 0 Å². The lowest BCUT2D eigenvalue weighted by atomic mass is 10.1. The van der Waals surface area contributed by atoms with Gasteiger partial charge in [0.05, 0.1) is 12.5 Å². The molecule has 1 N–H and O–H groups in total. The van der Waals surface area contributed by atoms with Crippen LogP contribution in [0.3, 0.4) is 0 Å². The van der Waals surface area contributed by atoms with Crippen LogP contribution in [0, 0.1) is 0 Å². The van der Waals surface area contributed by atoms with Crippen LogP contribution in [0.2, 0.25) is 0 Å². The number of nitrogens with zero attached hydrogens (tertiary/aromatic N) is 1. The molecule has 2 amide bonds. The van der Waals surface area contributed by atoms with Crippen molar-refractivity contribution in [2.75, 3.05) is 13.2 Å². The van der Waals surface area contributed by atoms with E-state index in [4.69, 9.17) is 4.74 Å². The summed E-state index contributed by atoms with van der Waals surface area (Å²) >= 11 is 0. The second-order valence-electron chi connectivity index (χ2n) is 7.23. The van der Waals surface area contributed by atoms with E-state index in [1.165, 1.54) is 0 Å². The highest BCUT2D eigenvalue weighted by atomic mass is 16.5. The lowest BCUT2D eigenvalue weighted by Crippen LogP contribution is -2.49. The highest BCUT2D eigenvalue weighted by Crippen LogP contribution is 2.14. The van der Waals surface area contributed by atoms with E-state index < -0.39 is 6.04 Å². The van der Waals surface area contributed by atoms with Gasteiger partial charge in [0.25, 0.3) is 0 Å². The first-order chi connectivity index (χ1) is 13.6. The van der Waals surface area contributed by atoms with Gasteiger partial charge in [-0.05, 0) is 30.9 Å². The van der Waals surface area contributed by atoms with E-state index in [0.717, 1.165) is 30.6 Å². The summed E-state index contributed by atoms with van der Waals surface area (Å²) in [6.45, 7) is 3.44. The first-order valence-corrected chi connectivity index (χ1v) is 9.90. The van der Waals surface area contributed by atoms with Crippen molar-refractivity contribution >= 4 is 11.8 Å². The average molecular weight is 380 g/mol. The monoisotopic (exact) mass is 380 g/mol. The third kappa shape index (κ3) is 5.67. The largest absolute Gasteiger partial charge is 0.376 e. The molecule has 1 aliphatic heterocycles. The Hall–Kier alpha value is -2.66. The molecular formula is C23H28N2O3. The number of hydrogen-bond donors (Lipinski definition) is 1. The summed E-state index contributed by atoms with van der Waals surface area (Å²) in [7, 11) is 0. The fraction of sp³-hybridized carbons (Fsp3) is 0.391. The van der Waals surface area contributed by atoms with Crippen LogP contribution in [0.1, 0.15) is 30.9 Å². The summed E-state index contributed by atoms with van der Waals surface area (Å²) in [5.41, 5.74) is 1.94. The highest BCUT2D eigenvalue weighted by Gasteiger charge is 2.27. The number of benzene rings is 2. The number of ether oxygens (including phenoxy) is 1. The molecule has 1 fully saturated rings. The van der Waals surface area contributed by atoms with E-state index in [-0.39, 0.29) is 24.3 Å². The van der Waals surface area contributed by atoms with E-state index in [1.54, 1.807) is 11.8 Å². The van der Waals surface area contributed by atoms with Crippen LogP contribution in [-0.2, 0) is 27.3 Å². The van der Waals surface area contributed by atoms with Crippen molar-refractivity contribution < 1.29 is 14.3 Å². The molecule has 1 heterocycles. The van der Waals surface area contributed by atoms with E-state index >= 15 is 0 Å². The molecular weight excluding hydrogens is 352 g/mol. The van der Waals surface area contributed by atoms with Crippen molar-refractivity contribution in [1.82, 2.24) is 10.2 Å². The van der Waals surface area contributed by atoms with Gasteiger partial charge in [-0.2, -0.15) is 0 Å². The third-order valence-corrected chi connectivity index (χ3v) is 5.09. The Morgan fingerprint density at radius 1 is 1.07 bits per heavy atom. The molecule has 148 valence electrons. The van der Waals surface area contributed by atoms with Gasteiger partial charge in [-0.25, -0.2) is 0 Å². The molecule has 5 heteroatoms. The number of rotatable bonds is 8. The van der Waals surface area contributed by atoms with Gasteiger partial charge in [-0.3, -0.25) is 9.59 Å². The van der Waals surface area contributed by atoms with E-state index in [1.807, 2.05) is 60.7 Å². The van der Waals surface area contributed by atoms with Crippen molar-refractivity contribution in [2.24, 2.45) is 0 Å². The van der Waals surface area contributed by atoms with Crippen LogP contribution in [0.25, 0.3) is 0 Å². The second kappa shape index (κ2) is 10.0. The normalized spacial score (nSPS) is 17.1. The third-order valence-electron chi connectivity index (χ3n) is 5.09. The maximum atomic E-state index is 13.0. The van der Waals surface area contributed by atoms with Crippen LogP contribution in [0.15, 0.2) is 60.7 Å². The summed E-state index contributed by atoms with van der Waals surface area (Å²) < 4.78 is 5.57. The molecule has 2 unspecified atom stereocenters. The molecule has 5 nitrogen and oxygen atoms in total. The molecule has 0 bridgehead atoms. The average Bonchev–Trinajstić information content (AvgIpc) is 3.25. The smallest absolute Gasteiger partial charge is 0.242 e. The summed E-state index contributed by atoms with van der Waals surface area (Å²) in [5, 5.41) is 2.95. The Kier molecular flexibility index (Phi) is 7.20. The number of carbonyl (C=O) groups is 2. The fourth-order valence-electron chi connectivity index (χ4n) is 3.40. The molecule has 0 radical (unpaired) electrons. The standard InChI is InChI=1S/C23H28N2O3/c1-18(23(27)24-16-21-13-8-14-28-21)25(17-20-11-6-3-7-12-20)22(26)15-19-9-4-2-5-10-19/h2-7,9-12,18,21H,8,13-17H2,1H3,(H,24,27). The van der Waals surface area contributed by atoms with Crippen molar-refractivity contribution in [3.8, 4) is 0 Å². The van der Waals surface area contributed by atoms with Gasteiger partial charge in [-0.15, -0.1) is 0 Å². The lowest BCUT2D eigenvalue weighted by molar-refractivity contribution is -0.140. The Balaban J connectivity index is 1.68. The van der Waals surface area contributed by atoms with E-state index in [9.17, 15) is 9.59 Å². The van der Waals surface area contributed by atoms with Crippen molar-refractivity contribution in [3.63, 3.8) is 0 Å². The maximum Gasteiger partial charge on any atom is 0.242 e. The first kappa shape index (κ1) is 20.1. The first-order valence-electron chi connectivity index (χ1n) is 9.90. The molecule has 2 atom stereocenters. The summed E-state index contributed by atoms with van der Waals surface area (Å²) in [5.74, 6) is -0.206. The Morgan fingerprint density at radius 2 is 1.71 bits per heavy atom. The molecule has 1 aliphatic rings. The van der Waals surface area contributed by atoms with Gasteiger partial charge in [0, 0.05) is 19.7 Å². The van der Waals surface area contributed by atoms with Crippen LogP contribution in [0.5, 0.6) is 0 Å². The quantitative estimate of drug-likeness (QED) is 0.766. The van der Waals surface area contributed by atoms with E-state index in [2.05, 4.69) is 5.32 Å². The maximum absolute atomic E-state index is 13.0. The number of carbonyl (C=O) groups excluding carboxylic acids is 2. The Labute approximate surface area is 166 Å². The summed E-state index contributed by atoms with van der Waals surface area (Å²) in [6.07, 6.45) is 2.36. The molecule has 0 aromatic heterocycles. The molecule has 0 aliphatic carbocycles. The van der Waals surface area contributed by atoms with Gasteiger partial charge < -0.3 is 15.0 Å². The van der Waals surface area contributed by atoms with Crippen molar-refractivity contribution in [2.45, 2.75) is 44.9 Å². The number of nitrogens with one attached hydrogen (secondary N) is 1. The Bertz CT molecular complexity index is 758. The van der Waals surface area contributed by atoms with Gasteiger partial charge in [0.1, 0.15) is 6.04 Å². The minimum absolute atomic E-state index is 0.0604. The predicted octanol–water partition coefficient (Wildman–Crippen LogP) is 2.94. The number of amides is 2. The molecule has 3 rings (SSSR count). The molecule has 28 heavy (non-hydrogen) atoms. The van der Waals surface area contributed by atoms with Gasteiger partial charge in [-0.1, -0.05) is 60.7 Å². The molecule has 0 saturated carbocycles. The van der Waals surface area contributed by atoms with Crippen molar-refractivity contribution in [3.05, 3.63) is 71.8 Å². The predicted molar refractivity (Wildman–Crippen MR) is 109 cm³/mol. The minimum atomic E-state index is -0.558. The molecule has 2 aromatic rings. The zero-order valence-corrected chi connectivity index (χ0v) is 16.3. The van der Waals surface area contributed by atoms with Gasteiger partial charge in [0.2, 0.25) is 11.8 Å². The number of hydrogen-bond acceptors (Lipinski definition) is 3.